The van der Waals surface area contributed by atoms with Gasteiger partial charge in [-0.2, -0.15) is 0 Å². The second-order valence-corrected chi connectivity index (χ2v) is 5.81. The largest absolute Gasteiger partial charge is 0.496 e. The van der Waals surface area contributed by atoms with E-state index in [2.05, 4.69) is 44.3 Å². The molecule has 19 heavy (non-hydrogen) atoms. The molecule has 1 fully saturated rings. The van der Waals surface area contributed by atoms with Crippen molar-refractivity contribution in [2.75, 3.05) is 13.7 Å². The van der Waals surface area contributed by atoms with Crippen molar-refractivity contribution >= 4 is 0 Å². The molecule has 0 spiro atoms. The lowest BCUT2D eigenvalue weighted by Gasteiger charge is -2.42. The number of rotatable bonds is 3. The number of para-hydroxylation sites is 1. The highest BCUT2D eigenvalue weighted by molar-refractivity contribution is 5.35. The Kier molecular flexibility index (Phi) is 4.31. The van der Waals surface area contributed by atoms with Gasteiger partial charge in [-0.3, -0.25) is 0 Å². The maximum Gasteiger partial charge on any atom is 0.122 e. The Morgan fingerprint density at radius 3 is 2.79 bits per heavy atom. The Balaban J connectivity index is 2.22. The first-order chi connectivity index (χ1) is 9.09. The van der Waals surface area contributed by atoms with Crippen LogP contribution in [0, 0.1) is 5.41 Å². The molecule has 1 atom stereocenters. The third-order valence-corrected chi connectivity index (χ3v) is 4.45. The molecule has 1 unspecified atom stereocenters. The number of hydrogen-bond acceptors (Lipinski definition) is 2. The van der Waals surface area contributed by atoms with Gasteiger partial charge in [0.2, 0.25) is 0 Å². The summed E-state index contributed by atoms with van der Waals surface area (Å²) in [4.78, 5) is 0. The molecule has 1 aliphatic rings. The third kappa shape index (κ3) is 2.84. The zero-order chi connectivity index (χ0) is 13.9. The monoisotopic (exact) mass is 259 g/mol. The minimum absolute atomic E-state index is 0.202. The number of ether oxygens (including phenoxy) is 1. The van der Waals surface area contributed by atoms with Crippen LogP contribution >= 0.6 is 0 Å². The van der Waals surface area contributed by atoms with Crippen molar-refractivity contribution in [1.82, 2.24) is 5.32 Å². The molecule has 0 aromatic heterocycles. The molecule has 2 rings (SSSR count). The third-order valence-electron chi connectivity index (χ3n) is 4.45. The molecule has 1 aromatic rings. The number of nitrogens with one attached hydrogen (secondary N) is 1. The first kappa shape index (κ1) is 14.1. The van der Waals surface area contributed by atoms with E-state index in [1.807, 2.05) is 12.1 Å². The van der Waals surface area contributed by atoms with E-state index in [4.69, 9.17) is 4.74 Å². The number of allylic oxidation sites excluding steroid dienone is 1. The molecule has 1 aliphatic heterocycles. The smallest absolute Gasteiger partial charge is 0.122 e. The van der Waals surface area contributed by atoms with E-state index in [-0.39, 0.29) is 5.41 Å². The zero-order valence-electron chi connectivity index (χ0n) is 12.5. The lowest BCUT2D eigenvalue weighted by molar-refractivity contribution is 0.248. The van der Waals surface area contributed by atoms with Crippen LogP contribution in [0.1, 0.15) is 32.8 Å². The lowest BCUT2D eigenvalue weighted by Crippen LogP contribution is -2.49. The van der Waals surface area contributed by atoms with Gasteiger partial charge in [-0.25, -0.2) is 0 Å². The maximum absolute atomic E-state index is 5.47. The van der Waals surface area contributed by atoms with E-state index in [0.717, 1.165) is 25.1 Å². The van der Waals surface area contributed by atoms with Crippen LogP contribution in [-0.4, -0.2) is 19.7 Å². The average molecular weight is 259 g/mol. The molecule has 0 radical (unpaired) electrons. The zero-order valence-corrected chi connectivity index (χ0v) is 12.5. The van der Waals surface area contributed by atoms with Gasteiger partial charge in [0, 0.05) is 11.5 Å². The summed E-state index contributed by atoms with van der Waals surface area (Å²) < 4.78 is 5.47. The van der Waals surface area contributed by atoms with Gasteiger partial charge in [0.15, 0.2) is 0 Å². The molecular weight excluding hydrogens is 234 g/mol. The second kappa shape index (κ2) is 5.79. The molecule has 104 valence electrons. The minimum atomic E-state index is 0.202. The van der Waals surface area contributed by atoms with Crippen LogP contribution in [-0.2, 0) is 6.42 Å². The molecule has 2 nitrogen and oxygen atoms in total. The fourth-order valence-corrected chi connectivity index (χ4v) is 3.12. The summed E-state index contributed by atoms with van der Waals surface area (Å²) in [5.41, 5.74) is 3.05. The van der Waals surface area contributed by atoms with Crippen LogP contribution in [0.2, 0.25) is 0 Å². The van der Waals surface area contributed by atoms with Crippen molar-refractivity contribution in [1.29, 1.82) is 0 Å². The highest BCUT2D eigenvalue weighted by Crippen LogP contribution is 2.37. The predicted octanol–water partition coefficient (Wildman–Crippen LogP) is 3.57. The normalized spacial score (nSPS) is 24.4. The van der Waals surface area contributed by atoms with Crippen molar-refractivity contribution in [2.24, 2.45) is 5.41 Å². The molecule has 1 saturated heterocycles. The van der Waals surface area contributed by atoms with Gasteiger partial charge >= 0.3 is 0 Å². The van der Waals surface area contributed by atoms with Gasteiger partial charge in [-0.15, -0.1) is 0 Å². The van der Waals surface area contributed by atoms with Crippen LogP contribution in [0.3, 0.4) is 0 Å². The quantitative estimate of drug-likeness (QED) is 0.838. The Labute approximate surface area is 116 Å². The number of piperidine rings is 1. The van der Waals surface area contributed by atoms with E-state index in [1.165, 1.54) is 5.56 Å². The fourth-order valence-electron chi connectivity index (χ4n) is 3.12. The van der Waals surface area contributed by atoms with Gasteiger partial charge < -0.3 is 10.1 Å². The van der Waals surface area contributed by atoms with E-state index < -0.39 is 0 Å². The highest BCUT2D eigenvalue weighted by Gasteiger charge is 2.35. The number of hydrogen-bond donors (Lipinski definition) is 1. The van der Waals surface area contributed by atoms with Gasteiger partial charge in [0.05, 0.1) is 7.11 Å². The van der Waals surface area contributed by atoms with E-state index in [1.54, 1.807) is 12.7 Å². The number of methoxy groups -OCH3 is 1. The summed E-state index contributed by atoms with van der Waals surface area (Å²) in [5, 5.41) is 3.68. The molecule has 2 heteroatoms. The summed E-state index contributed by atoms with van der Waals surface area (Å²) in [7, 11) is 1.75. The summed E-state index contributed by atoms with van der Waals surface area (Å²) in [6, 6.07) is 8.79. The summed E-state index contributed by atoms with van der Waals surface area (Å²) in [5.74, 6) is 0.993. The van der Waals surface area contributed by atoms with Crippen molar-refractivity contribution in [3.63, 3.8) is 0 Å². The first-order valence-corrected chi connectivity index (χ1v) is 7.10. The molecule has 1 aromatic carbocycles. The number of benzene rings is 1. The molecule has 0 aliphatic carbocycles. The van der Waals surface area contributed by atoms with E-state index >= 15 is 0 Å². The lowest BCUT2D eigenvalue weighted by atomic mass is 9.71. The molecule has 1 N–H and O–H groups in total. The average Bonchev–Trinajstić information content (AvgIpc) is 2.41. The topological polar surface area (TPSA) is 21.3 Å². The minimum Gasteiger partial charge on any atom is -0.496 e. The summed E-state index contributed by atoms with van der Waals surface area (Å²) in [6.07, 6.45) is 4.45. The molecule has 1 heterocycles. The Morgan fingerprint density at radius 2 is 2.11 bits per heavy atom. The van der Waals surface area contributed by atoms with Crippen molar-refractivity contribution < 1.29 is 4.74 Å². The first-order valence-electron chi connectivity index (χ1n) is 7.10. The van der Waals surface area contributed by atoms with E-state index in [0.29, 0.717) is 6.04 Å². The van der Waals surface area contributed by atoms with Gasteiger partial charge in [0.1, 0.15) is 5.75 Å². The van der Waals surface area contributed by atoms with Gasteiger partial charge in [0.25, 0.3) is 0 Å². The van der Waals surface area contributed by atoms with Crippen molar-refractivity contribution in [3.8, 4) is 5.75 Å². The summed E-state index contributed by atoms with van der Waals surface area (Å²) in [6.45, 7) is 7.91. The Morgan fingerprint density at radius 1 is 1.37 bits per heavy atom. The van der Waals surface area contributed by atoms with Crippen molar-refractivity contribution in [3.05, 3.63) is 41.5 Å². The fraction of sp³-hybridized carbons (Fsp3) is 0.529. The second-order valence-electron chi connectivity index (χ2n) is 5.81. The van der Waals surface area contributed by atoms with Crippen LogP contribution < -0.4 is 10.1 Å². The SMILES string of the molecule is CC=C1CCNC(Cc2ccccc2OC)C1(C)C. The van der Waals surface area contributed by atoms with Crippen LogP contribution in [0.25, 0.3) is 0 Å². The molecule has 0 amide bonds. The maximum atomic E-state index is 5.47. The standard InChI is InChI=1S/C17H25NO/c1-5-14-10-11-18-16(17(14,2)3)12-13-8-6-7-9-15(13)19-4/h5-9,16,18H,10-12H2,1-4H3. The van der Waals surface area contributed by atoms with Gasteiger partial charge in [-0.1, -0.05) is 43.7 Å². The molecule has 0 bridgehead atoms. The summed E-state index contributed by atoms with van der Waals surface area (Å²) >= 11 is 0. The Hall–Kier alpha value is -1.28. The van der Waals surface area contributed by atoms with E-state index in [9.17, 15) is 0 Å². The van der Waals surface area contributed by atoms with Crippen molar-refractivity contribution in [2.45, 2.75) is 39.7 Å². The van der Waals surface area contributed by atoms with Crippen LogP contribution in [0.15, 0.2) is 35.9 Å². The van der Waals surface area contributed by atoms with Crippen LogP contribution in [0.4, 0.5) is 0 Å². The van der Waals surface area contributed by atoms with Crippen LogP contribution in [0.5, 0.6) is 5.75 Å². The predicted molar refractivity (Wildman–Crippen MR) is 80.6 cm³/mol. The Bertz CT molecular complexity index is 462. The molecule has 0 saturated carbocycles. The van der Waals surface area contributed by atoms with Gasteiger partial charge in [-0.05, 0) is 37.9 Å². The highest BCUT2D eigenvalue weighted by atomic mass is 16.5. The molecular formula is C17H25NO.